The van der Waals surface area contributed by atoms with Gasteiger partial charge in [0.05, 0.1) is 27.2 Å². The molecule has 1 saturated heterocycles. The first-order chi connectivity index (χ1) is 18.0. The zero-order valence-electron chi connectivity index (χ0n) is 21.8. The van der Waals surface area contributed by atoms with Crippen LogP contribution in [0.3, 0.4) is 0 Å². The number of esters is 1. The summed E-state index contributed by atoms with van der Waals surface area (Å²) in [6.07, 6.45) is 4.13. The van der Waals surface area contributed by atoms with Gasteiger partial charge in [0.15, 0.2) is 17.0 Å². The van der Waals surface area contributed by atoms with E-state index in [0.717, 1.165) is 56.6 Å². The van der Waals surface area contributed by atoms with Crippen molar-refractivity contribution in [1.29, 1.82) is 0 Å². The molecule has 2 aromatic heterocycles. The minimum Gasteiger partial charge on any atom is -0.490 e. The van der Waals surface area contributed by atoms with E-state index in [1.165, 1.54) is 7.11 Å². The number of ether oxygens (including phenoxy) is 4. The van der Waals surface area contributed by atoms with Crippen molar-refractivity contribution in [3.05, 3.63) is 29.8 Å². The number of unbranched alkanes of at least 4 members (excludes halogenated alkanes) is 1. The summed E-state index contributed by atoms with van der Waals surface area (Å²) < 4.78 is 24.1. The molecule has 4 rings (SSSR count). The molecule has 0 aliphatic carbocycles. The number of nitrogens with zero attached hydrogens (tertiary/aromatic N) is 5. The number of aromatic nitrogens is 4. The van der Waals surface area contributed by atoms with Gasteiger partial charge in [-0.15, -0.1) is 0 Å². The van der Waals surface area contributed by atoms with Gasteiger partial charge in [0.2, 0.25) is 0 Å². The normalized spacial score (nSPS) is 14.6. The van der Waals surface area contributed by atoms with Crippen molar-refractivity contribution < 1.29 is 23.7 Å². The van der Waals surface area contributed by atoms with E-state index in [1.54, 1.807) is 7.11 Å². The van der Waals surface area contributed by atoms with Crippen LogP contribution in [0.25, 0.3) is 11.2 Å². The van der Waals surface area contributed by atoms with E-state index in [4.69, 9.17) is 24.7 Å². The highest BCUT2D eigenvalue weighted by Gasteiger charge is 2.23. The lowest BCUT2D eigenvalue weighted by Gasteiger charge is -2.32. The minimum absolute atomic E-state index is 0.128. The van der Waals surface area contributed by atoms with E-state index >= 15 is 0 Å². The van der Waals surface area contributed by atoms with Crippen molar-refractivity contribution in [1.82, 2.24) is 24.4 Å². The topological polar surface area (TPSA) is 127 Å². The summed E-state index contributed by atoms with van der Waals surface area (Å²) >= 11 is 0. The predicted molar refractivity (Wildman–Crippen MR) is 139 cm³/mol. The molecule has 37 heavy (non-hydrogen) atoms. The maximum Gasteiger partial charge on any atom is 0.320 e. The van der Waals surface area contributed by atoms with Crippen LogP contribution >= 0.6 is 0 Å². The van der Waals surface area contributed by atoms with Gasteiger partial charge in [0, 0.05) is 26.2 Å². The first kappa shape index (κ1) is 26.5. The van der Waals surface area contributed by atoms with Gasteiger partial charge in [-0.2, -0.15) is 15.0 Å². The molecule has 200 valence electrons. The Bertz CT molecular complexity index is 1190. The predicted octanol–water partition coefficient (Wildman–Crippen LogP) is 2.85. The number of hydrogen-bond donors (Lipinski definition) is 1. The van der Waals surface area contributed by atoms with Crippen molar-refractivity contribution in [2.45, 2.75) is 51.7 Å². The van der Waals surface area contributed by atoms with Crippen LogP contribution in [0, 0.1) is 0 Å². The standard InChI is InChI=1S/C26H36N6O5/c1-4-5-15-36-25-29-23(27)22-24(30-25)32(26(28-22)35-3)14-13-31-11-9-19(10-12-31)37-20-8-6-7-18(16-20)17-21(33)34-2/h6-8,16,19H,4-5,9-15,17H2,1-3H3,(H2,27,29,30). The lowest BCUT2D eigenvalue weighted by Crippen LogP contribution is -2.39. The molecule has 0 atom stereocenters. The Morgan fingerprint density at radius 2 is 1.95 bits per heavy atom. The lowest BCUT2D eigenvalue weighted by molar-refractivity contribution is -0.139. The molecule has 3 heterocycles. The molecule has 3 aromatic rings. The van der Waals surface area contributed by atoms with E-state index < -0.39 is 0 Å². The Hall–Kier alpha value is -3.60. The SMILES string of the molecule is CCCCOc1nc(N)c2nc(OC)n(CCN3CCC(Oc4cccc(CC(=O)OC)c4)CC3)c2n1. The van der Waals surface area contributed by atoms with E-state index in [1.807, 2.05) is 28.8 Å². The number of piperidine rings is 1. The summed E-state index contributed by atoms with van der Waals surface area (Å²) in [5, 5.41) is 0. The zero-order valence-corrected chi connectivity index (χ0v) is 21.8. The highest BCUT2D eigenvalue weighted by Crippen LogP contribution is 2.26. The Labute approximate surface area is 216 Å². The summed E-state index contributed by atoms with van der Waals surface area (Å²) in [6, 6.07) is 8.36. The number of benzene rings is 1. The van der Waals surface area contributed by atoms with Crippen molar-refractivity contribution in [3.63, 3.8) is 0 Å². The number of carbonyl (C=O) groups is 1. The third-order valence-electron chi connectivity index (χ3n) is 6.43. The summed E-state index contributed by atoms with van der Waals surface area (Å²) in [5.41, 5.74) is 8.15. The second-order valence-corrected chi connectivity index (χ2v) is 9.07. The van der Waals surface area contributed by atoms with Crippen molar-refractivity contribution in [2.24, 2.45) is 0 Å². The van der Waals surface area contributed by atoms with Crippen LogP contribution < -0.4 is 19.9 Å². The molecule has 2 N–H and O–H groups in total. The number of methoxy groups -OCH3 is 2. The van der Waals surface area contributed by atoms with E-state index in [0.29, 0.717) is 30.3 Å². The van der Waals surface area contributed by atoms with Gasteiger partial charge >= 0.3 is 12.0 Å². The molecule has 0 saturated carbocycles. The number of imidazole rings is 1. The van der Waals surface area contributed by atoms with Crippen LogP contribution in [-0.4, -0.2) is 77.0 Å². The van der Waals surface area contributed by atoms with Crippen LogP contribution in [0.1, 0.15) is 38.2 Å². The fraction of sp³-hybridized carbons (Fsp3) is 0.538. The summed E-state index contributed by atoms with van der Waals surface area (Å²) in [7, 11) is 2.98. The van der Waals surface area contributed by atoms with Crippen LogP contribution in [0.5, 0.6) is 17.8 Å². The first-order valence-electron chi connectivity index (χ1n) is 12.8. The van der Waals surface area contributed by atoms with Gasteiger partial charge in [-0.3, -0.25) is 9.36 Å². The van der Waals surface area contributed by atoms with Gasteiger partial charge < -0.3 is 29.6 Å². The Morgan fingerprint density at radius 3 is 2.68 bits per heavy atom. The largest absolute Gasteiger partial charge is 0.490 e. The smallest absolute Gasteiger partial charge is 0.320 e. The second kappa shape index (κ2) is 12.6. The number of rotatable bonds is 12. The lowest BCUT2D eigenvalue weighted by atomic mass is 10.1. The van der Waals surface area contributed by atoms with Crippen LogP contribution in [-0.2, 0) is 22.5 Å². The van der Waals surface area contributed by atoms with Crippen molar-refractivity contribution >= 4 is 23.0 Å². The molecule has 1 aromatic carbocycles. The average molecular weight is 513 g/mol. The van der Waals surface area contributed by atoms with Crippen molar-refractivity contribution in [3.8, 4) is 17.8 Å². The number of hydrogen-bond acceptors (Lipinski definition) is 10. The molecular weight excluding hydrogens is 476 g/mol. The monoisotopic (exact) mass is 512 g/mol. The zero-order chi connectivity index (χ0) is 26.2. The summed E-state index contributed by atoms with van der Waals surface area (Å²) in [5.74, 6) is 0.799. The fourth-order valence-corrected chi connectivity index (χ4v) is 4.36. The molecule has 1 aliphatic heterocycles. The molecule has 1 fully saturated rings. The molecule has 11 heteroatoms. The number of nitrogen functional groups attached to an aromatic ring is 1. The Balaban J connectivity index is 1.34. The number of nitrogens with two attached hydrogens (primary N) is 1. The van der Waals surface area contributed by atoms with E-state index in [2.05, 4.69) is 26.8 Å². The fourth-order valence-electron chi connectivity index (χ4n) is 4.36. The maximum absolute atomic E-state index is 11.6. The molecule has 0 bridgehead atoms. The minimum atomic E-state index is -0.262. The second-order valence-electron chi connectivity index (χ2n) is 9.07. The average Bonchev–Trinajstić information content (AvgIpc) is 3.26. The third-order valence-corrected chi connectivity index (χ3v) is 6.43. The number of likely N-dealkylation sites (tertiary alicyclic amines) is 1. The highest BCUT2D eigenvalue weighted by molar-refractivity contribution is 5.83. The number of anilines is 1. The van der Waals surface area contributed by atoms with Gasteiger partial charge in [-0.1, -0.05) is 25.5 Å². The Morgan fingerprint density at radius 1 is 1.14 bits per heavy atom. The molecule has 1 aliphatic rings. The quantitative estimate of drug-likeness (QED) is 0.286. The van der Waals surface area contributed by atoms with Crippen LogP contribution in [0.4, 0.5) is 5.82 Å². The van der Waals surface area contributed by atoms with Crippen LogP contribution in [0.2, 0.25) is 0 Å². The molecule has 0 radical (unpaired) electrons. The third kappa shape index (κ3) is 6.79. The first-order valence-corrected chi connectivity index (χ1v) is 12.8. The molecule has 0 spiro atoms. The van der Waals surface area contributed by atoms with Gasteiger partial charge in [0.25, 0.3) is 6.01 Å². The van der Waals surface area contributed by atoms with E-state index in [9.17, 15) is 4.79 Å². The highest BCUT2D eigenvalue weighted by atomic mass is 16.5. The molecular formula is C26H36N6O5. The Kier molecular flexibility index (Phi) is 8.99. The number of fused-ring (bicyclic) bond motifs is 1. The summed E-state index contributed by atoms with van der Waals surface area (Å²) in [6.45, 7) is 5.90. The van der Waals surface area contributed by atoms with E-state index in [-0.39, 0.29) is 30.3 Å². The molecule has 0 amide bonds. The van der Waals surface area contributed by atoms with Crippen molar-refractivity contribution in [2.75, 3.05) is 46.2 Å². The number of carbonyl (C=O) groups excluding carboxylic acids is 1. The summed E-state index contributed by atoms with van der Waals surface area (Å²) in [4.78, 5) is 27.3. The van der Waals surface area contributed by atoms with Gasteiger partial charge in [-0.05, 0) is 37.0 Å². The van der Waals surface area contributed by atoms with Gasteiger partial charge in [0.1, 0.15) is 11.9 Å². The van der Waals surface area contributed by atoms with Gasteiger partial charge in [-0.25, -0.2) is 0 Å². The van der Waals surface area contributed by atoms with Crippen LogP contribution in [0.15, 0.2) is 24.3 Å². The molecule has 11 nitrogen and oxygen atoms in total. The molecule has 0 unspecified atom stereocenters. The maximum atomic E-state index is 11.6.